The molecule has 0 radical (unpaired) electrons. The molecule has 0 bridgehead atoms. The van der Waals surface area contributed by atoms with Gasteiger partial charge in [0.1, 0.15) is 6.10 Å². The largest absolute Gasteiger partial charge is 0.396 e. The van der Waals surface area contributed by atoms with Crippen molar-refractivity contribution in [1.29, 1.82) is 0 Å². The molecule has 0 fully saturated rings. The summed E-state index contributed by atoms with van der Waals surface area (Å²) in [6.07, 6.45) is -1.54. The summed E-state index contributed by atoms with van der Waals surface area (Å²) in [7, 11) is 0. The van der Waals surface area contributed by atoms with Gasteiger partial charge >= 0.3 is 5.97 Å². The molecule has 0 rings (SSSR count). The highest BCUT2D eigenvalue weighted by atomic mass is 16.7. The van der Waals surface area contributed by atoms with Crippen molar-refractivity contribution >= 4 is 17.8 Å². The minimum atomic E-state index is -1.38. The lowest BCUT2D eigenvalue weighted by Crippen LogP contribution is -2.46. The van der Waals surface area contributed by atoms with Crippen LogP contribution in [0.5, 0.6) is 0 Å². The Balaban J connectivity index is 4.05. The van der Waals surface area contributed by atoms with Gasteiger partial charge in [-0.2, -0.15) is 0 Å². The summed E-state index contributed by atoms with van der Waals surface area (Å²) >= 11 is 0. The molecule has 7 N–H and O–H groups in total. The summed E-state index contributed by atoms with van der Waals surface area (Å²) in [5, 5.41) is 24.0. The molecule has 1 atom stereocenters. The van der Waals surface area contributed by atoms with Crippen molar-refractivity contribution in [1.82, 2.24) is 5.32 Å². The van der Waals surface area contributed by atoms with Crippen molar-refractivity contribution in [2.75, 3.05) is 13.2 Å². The lowest BCUT2D eigenvalue weighted by Gasteiger charge is -2.26. The number of guanidine groups is 1. The number of carbonyl (C=O) groups is 2. The highest BCUT2D eigenvalue weighted by Gasteiger charge is 2.32. The van der Waals surface area contributed by atoms with Gasteiger partial charge in [0.2, 0.25) is 11.9 Å². The minimum absolute atomic E-state index is 0.0454. The van der Waals surface area contributed by atoms with Gasteiger partial charge in [0.15, 0.2) is 0 Å². The number of nitrogens with one attached hydrogen (secondary N) is 1. The van der Waals surface area contributed by atoms with Crippen LogP contribution in [-0.4, -0.2) is 47.3 Å². The number of hydrogen-bond donors (Lipinski definition) is 5. The molecule has 0 saturated heterocycles. The fourth-order valence-electron chi connectivity index (χ4n) is 0.975. The Labute approximate surface area is 110 Å². The van der Waals surface area contributed by atoms with Gasteiger partial charge in [-0.15, -0.1) is 0 Å². The zero-order valence-corrected chi connectivity index (χ0v) is 10.9. The third-order valence-electron chi connectivity index (χ3n) is 2.28. The summed E-state index contributed by atoms with van der Waals surface area (Å²) in [4.78, 5) is 26.8. The molecule has 0 aromatic carbocycles. The van der Waals surface area contributed by atoms with Crippen molar-refractivity contribution in [3.63, 3.8) is 0 Å². The molecule has 0 aromatic heterocycles. The highest BCUT2D eigenvalue weighted by Crippen LogP contribution is 2.19. The summed E-state index contributed by atoms with van der Waals surface area (Å²) < 4.78 is 0. The van der Waals surface area contributed by atoms with E-state index in [4.69, 9.17) is 16.6 Å². The molecular formula is C10H20N4O5. The van der Waals surface area contributed by atoms with Crippen LogP contribution < -0.4 is 16.8 Å². The average Bonchev–Trinajstić information content (AvgIpc) is 2.35. The van der Waals surface area contributed by atoms with Crippen LogP contribution in [0.4, 0.5) is 0 Å². The maximum Gasteiger partial charge on any atom is 0.336 e. The molecule has 1 amide bonds. The quantitative estimate of drug-likeness (QED) is 0.150. The Morgan fingerprint density at radius 2 is 2.00 bits per heavy atom. The maximum absolute atomic E-state index is 11.5. The van der Waals surface area contributed by atoms with Crippen LogP contribution in [0, 0.1) is 5.41 Å². The number of oxime groups is 1. The first kappa shape index (κ1) is 17.1. The van der Waals surface area contributed by atoms with E-state index in [1.54, 1.807) is 0 Å². The van der Waals surface area contributed by atoms with E-state index in [0.29, 0.717) is 0 Å². The number of amides is 1. The van der Waals surface area contributed by atoms with E-state index in [9.17, 15) is 14.7 Å². The van der Waals surface area contributed by atoms with Crippen molar-refractivity contribution in [3.8, 4) is 0 Å². The molecular weight excluding hydrogens is 256 g/mol. The predicted molar refractivity (Wildman–Crippen MR) is 66.4 cm³/mol. The standard InChI is InChI=1S/C10H20N4O5/c1-10(2,5-15)7(17)8(18)13-4-3-6(16)19-14-9(11)12/h7,15,17H,3-5H2,1-2H3,(H,13,18)(H4,11,12,14)/t7-/m0/s1. The molecule has 0 saturated carbocycles. The van der Waals surface area contributed by atoms with E-state index >= 15 is 0 Å². The summed E-state index contributed by atoms with van der Waals surface area (Å²) in [5.41, 5.74) is 8.92. The molecule has 19 heavy (non-hydrogen) atoms. The summed E-state index contributed by atoms with van der Waals surface area (Å²) in [5.74, 6) is -1.81. The van der Waals surface area contributed by atoms with Gasteiger partial charge in [-0.25, -0.2) is 4.79 Å². The molecule has 110 valence electrons. The first-order valence-electron chi connectivity index (χ1n) is 5.56. The molecule has 9 nitrogen and oxygen atoms in total. The topological polar surface area (TPSA) is 160 Å². The van der Waals surface area contributed by atoms with E-state index in [1.807, 2.05) is 0 Å². The fourth-order valence-corrected chi connectivity index (χ4v) is 0.975. The molecule has 0 aliphatic carbocycles. The van der Waals surface area contributed by atoms with Crippen LogP contribution in [0.15, 0.2) is 5.16 Å². The second kappa shape index (κ2) is 7.54. The van der Waals surface area contributed by atoms with Crippen LogP contribution in [0.1, 0.15) is 20.3 Å². The summed E-state index contributed by atoms with van der Waals surface area (Å²) in [6, 6.07) is 0. The van der Waals surface area contributed by atoms with Crippen LogP contribution in [0.2, 0.25) is 0 Å². The van der Waals surface area contributed by atoms with Crippen molar-refractivity contribution in [3.05, 3.63) is 0 Å². The number of aliphatic hydroxyl groups is 2. The maximum atomic E-state index is 11.5. The van der Waals surface area contributed by atoms with Crippen LogP contribution in [-0.2, 0) is 14.4 Å². The normalized spacial score (nSPS) is 12.4. The fraction of sp³-hybridized carbons (Fsp3) is 0.700. The zero-order valence-electron chi connectivity index (χ0n) is 10.9. The van der Waals surface area contributed by atoms with Gasteiger partial charge in [0.25, 0.3) is 0 Å². The Bertz CT molecular complexity index is 352. The van der Waals surface area contributed by atoms with Gasteiger partial charge in [0, 0.05) is 12.0 Å². The van der Waals surface area contributed by atoms with Gasteiger partial charge < -0.3 is 31.8 Å². The third-order valence-corrected chi connectivity index (χ3v) is 2.28. The Kier molecular flexibility index (Phi) is 6.80. The molecule has 9 heteroatoms. The van der Waals surface area contributed by atoms with E-state index < -0.39 is 29.4 Å². The molecule has 0 unspecified atom stereocenters. The Hall–Kier alpha value is -1.87. The Morgan fingerprint density at radius 3 is 2.47 bits per heavy atom. The minimum Gasteiger partial charge on any atom is -0.396 e. The number of rotatable bonds is 7. The first-order valence-corrected chi connectivity index (χ1v) is 5.56. The number of nitrogens with zero attached hydrogens (tertiary/aromatic N) is 1. The van der Waals surface area contributed by atoms with Crippen molar-refractivity contribution in [2.24, 2.45) is 22.0 Å². The van der Waals surface area contributed by atoms with Crippen molar-refractivity contribution < 1.29 is 24.6 Å². The van der Waals surface area contributed by atoms with E-state index in [2.05, 4.69) is 15.3 Å². The Morgan fingerprint density at radius 1 is 1.42 bits per heavy atom. The molecule has 0 heterocycles. The number of carbonyl (C=O) groups excluding carboxylic acids is 2. The highest BCUT2D eigenvalue weighted by molar-refractivity contribution is 5.82. The first-order chi connectivity index (χ1) is 8.70. The van der Waals surface area contributed by atoms with Crippen LogP contribution in [0.3, 0.4) is 0 Å². The molecule has 0 spiro atoms. The van der Waals surface area contributed by atoms with E-state index in [-0.39, 0.29) is 19.6 Å². The molecule has 0 aromatic rings. The van der Waals surface area contributed by atoms with Gasteiger partial charge in [0.05, 0.1) is 13.0 Å². The number of aliphatic hydroxyl groups excluding tert-OH is 2. The van der Waals surface area contributed by atoms with E-state index in [0.717, 1.165) is 0 Å². The van der Waals surface area contributed by atoms with Gasteiger partial charge in [-0.3, -0.25) is 4.79 Å². The second-order valence-electron chi connectivity index (χ2n) is 4.57. The van der Waals surface area contributed by atoms with E-state index in [1.165, 1.54) is 13.8 Å². The smallest absolute Gasteiger partial charge is 0.336 e. The second-order valence-corrected chi connectivity index (χ2v) is 4.57. The average molecular weight is 276 g/mol. The zero-order chi connectivity index (χ0) is 15.1. The third kappa shape index (κ3) is 6.58. The van der Waals surface area contributed by atoms with Crippen LogP contribution >= 0.6 is 0 Å². The SMILES string of the molecule is CC(C)(CO)[C@@H](O)C(=O)NCCC(=O)ON=C(N)N. The number of nitrogens with two attached hydrogens (primary N) is 2. The molecule has 0 aliphatic heterocycles. The van der Waals surface area contributed by atoms with Gasteiger partial charge in [-0.1, -0.05) is 13.8 Å². The van der Waals surface area contributed by atoms with Gasteiger partial charge in [-0.05, 0) is 5.16 Å². The lowest BCUT2D eigenvalue weighted by atomic mass is 9.87. The number of hydrogen-bond acceptors (Lipinski definition) is 6. The van der Waals surface area contributed by atoms with Crippen molar-refractivity contribution in [2.45, 2.75) is 26.4 Å². The lowest BCUT2D eigenvalue weighted by molar-refractivity contribution is -0.144. The monoisotopic (exact) mass is 276 g/mol. The molecule has 0 aliphatic rings. The van der Waals surface area contributed by atoms with Crippen LogP contribution in [0.25, 0.3) is 0 Å². The summed E-state index contributed by atoms with van der Waals surface area (Å²) in [6.45, 7) is 2.67. The predicted octanol–water partition coefficient (Wildman–Crippen LogP) is -2.40.